The van der Waals surface area contributed by atoms with E-state index in [-0.39, 0.29) is 0 Å². The highest BCUT2D eigenvalue weighted by Gasteiger charge is 2.20. The Morgan fingerprint density at radius 3 is 2.83 bits per heavy atom. The average molecular weight is 328 g/mol. The monoisotopic (exact) mass is 327 g/mol. The van der Waals surface area contributed by atoms with Crippen molar-refractivity contribution >= 4 is 28.3 Å². The third-order valence-corrected chi connectivity index (χ3v) is 4.56. The Bertz CT molecular complexity index is 853. The van der Waals surface area contributed by atoms with Gasteiger partial charge in [0.2, 0.25) is 0 Å². The molecule has 0 aliphatic carbocycles. The summed E-state index contributed by atoms with van der Waals surface area (Å²) in [6.07, 6.45) is 1.87. The minimum atomic E-state index is 0.744. The van der Waals surface area contributed by atoms with Gasteiger partial charge in [0.05, 0.1) is 24.3 Å². The summed E-state index contributed by atoms with van der Waals surface area (Å²) in [4.78, 5) is 10.3. The highest BCUT2D eigenvalue weighted by Crippen LogP contribution is 2.38. The van der Waals surface area contributed by atoms with Gasteiger partial charge in [0.15, 0.2) is 0 Å². The van der Waals surface area contributed by atoms with Crippen LogP contribution in [0.25, 0.3) is 22.2 Å². The SMILES string of the molecule is Cc1[nH]c2nccc(N3CCOCC3)c2c1-c1cccc(Cl)c1. The summed E-state index contributed by atoms with van der Waals surface area (Å²) in [5.74, 6) is 0. The second-order valence-electron chi connectivity index (χ2n) is 5.79. The summed E-state index contributed by atoms with van der Waals surface area (Å²) in [6, 6.07) is 10.1. The van der Waals surface area contributed by atoms with Gasteiger partial charge in [0.25, 0.3) is 0 Å². The van der Waals surface area contributed by atoms with Gasteiger partial charge in [0, 0.05) is 35.6 Å². The van der Waals surface area contributed by atoms with E-state index in [9.17, 15) is 0 Å². The first-order chi connectivity index (χ1) is 11.2. The van der Waals surface area contributed by atoms with Gasteiger partial charge in [-0.15, -0.1) is 0 Å². The minimum Gasteiger partial charge on any atom is -0.378 e. The van der Waals surface area contributed by atoms with Crippen LogP contribution in [0.4, 0.5) is 5.69 Å². The molecular formula is C18H18ClN3O. The molecule has 0 bridgehead atoms. The first kappa shape index (κ1) is 14.5. The van der Waals surface area contributed by atoms with Crippen molar-refractivity contribution in [2.75, 3.05) is 31.2 Å². The normalized spacial score (nSPS) is 15.3. The number of nitrogens with zero attached hydrogens (tertiary/aromatic N) is 2. The van der Waals surface area contributed by atoms with Gasteiger partial charge in [0.1, 0.15) is 5.65 Å². The van der Waals surface area contributed by atoms with Crippen molar-refractivity contribution in [3.05, 3.63) is 47.2 Å². The van der Waals surface area contributed by atoms with Crippen LogP contribution in [-0.4, -0.2) is 36.3 Å². The summed E-state index contributed by atoms with van der Waals surface area (Å²) in [6.45, 7) is 5.41. The Hall–Kier alpha value is -2.04. The fourth-order valence-corrected chi connectivity index (χ4v) is 3.48. The number of aromatic amines is 1. The van der Waals surface area contributed by atoms with Crippen molar-refractivity contribution in [3.8, 4) is 11.1 Å². The first-order valence-electron chi connectivity index (χ1n) is 7.80. The van der Waals surface area contributed by atoms with Crippen molar-refractivity contribution in [1.82, 2.24) is 9.97 Å². The number of benzene rings is 1. The zero-order valence-corrected chi connectivity index (χ0v) is 13.7. The topological polar surface area (TPSA) is 41.2 Å². The molecule has 0 spiro atoms. The predicted octanol–water partition coefficient (Wildman–Crippen LogP) is 4.03. The van der Waals surface area contributed by atoms with E-state index in [1.54, 1.807) is 0 Å². The number of aromatic nitrogens is 2. The van der Waals surface area contributed by atoms with Crippen LogP contribution in [0.2, 0.25) is 5.02 Å². The number of anilines is 1. The van der Waals surface area contributed by atoms with Crippen molar-refractivity contribution in [2.24, 2.45) is 0 Å². The fourth-order valence-electron chi connectivity index (χ4n) is 3.29. The predicted molar refractivity (Wildman–Crippen MR) is 94.3 cm³/mol. The molecule has 0 radical (unpaired) electrons. The Morgan fingerprint density at radius 2 is 2.04 bits per heavy atom. The highest BCUT2D eigenvalue weighted by atomic mass is 35.5. The lowest BCUT2D eigenvalue weighted by atomic mass is 10.0. The van der Waals surface area contributed by atoms with Crippen molar-refractivity contribution in [3.63, 3.8) is 0 Å². The summed E-state index contributed by atoms with van der Waals surface area (Å²) < 4.78 is 5.49. The number of fused-ring (bicyclic) bond motifs is 1. The van der Waals surface area contributed by atoms with Gasteiger partial charge in [-0.25, -0.2) is 4.98 Å². The lowest BCUT2D eigenvalue weighted by molar-refractivity contribution is 0.123. The van der Waals surface area contributed by atoms with Gasteiger partial charge in [-0.05, 0) is 30.7 Å². The summed E-state index contributed by atoms with van der Waals surface area (Å²) >= 11 is 6.20. The Kier molecular flexibility index (Phi) is 3.71. The number of hydrogen-bond donors (Lipinski definition) is 1. The van der Waals surface area contributed by atoms with E-state index in [2.05, 4.69) is 33.9 Å². The van der Waals surface area contributed by atoms with Gasteiger partial charge in [-0.2, -0.15) is 0 Å². The summed E-state index contributed by atoms with van der Waals surface area (Å²) in [5, 5.41) is 1.90. The van der Waals surface area contributed by atoms with E-state index in [0.29, 0.717) is 0 Å². The Morgan fingerprint density at radius 1 is 1.22 bits per heavy atom. The maximum Gasteiger partial charge on any atom is 0.140 e. The molecule has 4 rings (SSSR count). The van der Waals surface area contributed by atoms with Gasteiger partial charge >= 0.3 is 0 Å². The van der Waals surface area contributed by atoms with Crippen LogP contribution < -0.4 is 4.90 Å². The van der Waals surface area contributed by atoms with E-state index >= 15 is 0 Å². The fraction of sp³-hybridized carbons (Fsp3) is 0.278. The third-order valence-electron chi connectivity index (χ3n) is 4.32. The highest BCUT2D eigenvalue weighted by molar-refractivity contribution is 6.31. The van der Waals surface area contributed by atoms with Crippen LogP contribution >= 0.6 is 11.6 Å². The lowest BCUT2D eigenvalue weighted by Gasteiger charge is -2.29. The molecule has 1 N–H and O–H groups in total. The molecule has 4 nitrogen and oxygen atoms in total. The van der Waals surface area contributed by atoms with Gasteiger partial charge in [-0.1, -0.05) is 23.7 Å². The van der Waals surface area contributed by atoms with E-state index in [1.807, 2.05) is 24.4 Å². The zero-order chi connectivity index (χ0) is 15.8. The molecule has 0 atom stereocenters. The average Bonchev–Trinajstić information content (AvgIpc) is 2.91. The van der Waals surface area contributed by atoms with Crippen LogP contribution in [0.1, 0.15) is 5.69 Å². The zero-order valence-electron chi connectivity index (χ0n) is 13.0. The number of aryl methyl sites for hydroxylation is 1. The molecule has 118 valence electrons. The summed E-state index contributed by atoms with van der Waals surface area (Å²) in [5.41, 5.74) is 5.52. The molecule has 1 aliphatic heterocycles. The Labute approximate surface area is 140 Å². The molecule has 1 fully saturated rings. The van der Waals surface area contributed by atoms with Crippen molar-refractivity contribution in [1.29, 1.82) is 0 Å². The lowest BCUT2D eigenvalue weighted by Crippen LogP contribution is -2.36. The molecule has 1 aliphatic rings. The quantitative estimate of drug-likeness (QED) is 0.772. The molecule has 2 aromatic heterocycles. The van der Waals surface area contributed by atoms with E-state index < -0.39 is 0 Å². The van der Waals surface area contributed by atoms with E-state index in [4.69, 9.17) is 16.3 Å². The number of H-pyrrole nitrogens is 1. The van der Waals surface area contributed by atoms with Crippen LogP contribution in [0.15, 0.2) is 36.5 Å². The van der Waals surface area contributed by atoms with Crippen LogP contribution in [0.5, 0.6) is 0 Å². The molecule has 0 unspecified atom stereocenters. The number of morpholine rings is 1. The maximum absolute atomic E-state index is 6.20. The largest absolute Gasteiger partial charge is 0.378 e. The molecule has 1 aromatic carbocycles. The number of nitrogens with one attached hydrogen (secondary N) is 1. The molecular weight excluding hydrogens is 310 g/mol. The maximum atomic E-state index is 6.20. The third kappa shape index (κ3) is 2.58. The summed E-state index contributed by atoms with van der Waals surface area (Å²) in [7, 11) is 0. The molecule has 3 heterocycles. The number of hydrogen-bond acceptors (Lipinski definition) is 3. The molecule has 3 aromatic rings. The molecule has 1 saturated heterocycles. The number of pyridine rings is 1. The number of rotatable bonds is 2. The van der Waals surface area contributed by atoms with Crippen LogP contribution in [-0.2, 0) is 4.74 Å². The molecule has 23 heavy (non-hydrogen) atoms. The van der Waals surface area contributed by atoms with Crippen molar-refractivity contribution < 1.29 is 4.74 Å². The van der Waals surface area contributed by atoms with E-state index in [1.165, 1.54) is 11.3 Å². The Balaban J connectivity index is 1.95. The second kappa shape index (κ2) is 5.87. The van der Waals surface area contributed by atoms with Gasteiger partial charge < -0.3 is 14.6 Å². The van der Waals surface area contributed by atoms with E-state index in [0.717, 1.165) is 53.6 Å². The number of halogens is 1. The second-order valence-corrected chi connectivity index (χ2v) is 6.22. The van der Waals surface area contributed by atoms with Crippen molar-refractivity contribution in [2.45, 2.75) is 6.92 Å². The van der Waals surface area contributed by atoms with Crippen LogP contribution in [0.3, 0.4) is 0 Å². The van der Waals surface area contributed by atoms with Crippen LogP contribution in [0, 0.1) is 6.92 Å². The van der Waals surface area contributed by atoms with Gasteiger partial charge in [-0.3, -0.25) is 0 Å². The molecule has 0 saturated carbocycles. The smallest absolute Gasteiger partial charge is 0.140 e. The molecule has 5 heteroatoms. The molecule has 0 amide bonds. The minimum absolute atomic E-state index is 0.744. The first-order valence-corrected chi connectivity index (χ1v) is 8.18. The standard InChI is InChI=1S/C18H18ClN3O/c1-12-16(13-3-2-4-14(19)11-13)17-15(5-6-20-18(17)21-12)22-7-9-23-10-8-22/h2-6,11H,7-10H2,1H3,(H,20,21). The number of ether oxygens (including phenoxy) is 1.